The van der Waals surface area contributed by atoms with Crippen LogP contribution in [0.3, 0.4) is 0 Å². The SMILES string of the molecule is COc1cc(Cl)cc(-c2cc(C3(c4ccccc4)N=C(N)N(C)C3=O)ccc2F)c1. The Balaban J connectivity index is 1.96. The minimum Gasteiger partial charge on any atom is -0.497 e. The molecule has 1 aliphatic heterocycles. The van der Waals surface area contributed by atoms with Crippen molar-refractivity contribution in [1.29, 1.82) is 0 Å². The first-order valence-corrected chi connectivity index (χ1v) is 9.58. The molecule has 0 spiro atoms. The third-order valence-corrected chi connectivity index (χ3v) is 5.45. The summed E-state index contributed by atoms with van der Waals surface area (Å²) in [5.41, 5.74) is 6.55. The first-order chi connectivity index (χ1) is 14.4. The van der Waals surface area contributed by atoms with Gasteiger partial charge in [0.05, 0.1) is 7.11 Å². The van der Waals surface area contributed by atoms with Crippen LogP contribution in [0.25, 0.3) is 11.1 Å². The second-order valence-electron chi connectivity index (χ2n) is 6.98. The number of hydrogen-bond acceptors (Lipinski definition) is 4. The fourth-order valence-corrected chi connectivity index (χ4v) is 3.90. The van der Waals surface area contributed by atoms with Crippen LogP contribution in [0, 0.1) is 5.82 Å². The van der Waals surface area contributed by atoms with Crippen molar-refractivity contribution in [2.24, 2.45) is 10.7 Å². The lowest BCUT2D eigenvalue weighted by Crippen LogP contribution is -2.41. The summed E-state index contributed by atoms with van der Waals surface area (Å²) in [6.45, 7) is 0. The highest BCUT2D eigenvalue weighted by atomic mass is 35.5. The largest absolute Gasteiger partial charge is 0.497 e. The third-order valence-electron chi connectivity index (χ3n) is 5.23. The standard InChI is InChI=1S/C23H19ClFN3O2/c1-28-21(29)23(27-22(28)26,15-6-4-3-5-7-15)16-8-9-20(25)19(12-16)14-10-17(24)13-18(11-14)30-2/h3-13H,1-2H3,(H2,26,27). The summed E-state index contributed by atoms with van der Waals surface area (Å²) in [7, 11) is 3.08. The monoisotopic (exact) mass is 423 g/mol. The molecule has 1 amide bonds. The minimum absolute atomic E-state index is 0.0964. The van der Waals surface area contributed by atoms with Gasteiger partial charge >= 0.3 is 0 Å². The van der Waals surface area contributed by atoms with Gasteiger partial charge in [0.15, 0.2) is 11.5 Å². The maximum absolute atomic E-state index is 14.8. The van der Waals surface area contributed by atoms with Crippen molar-refractivity contribution in [2.45, 2.75) is 5.54 Å². The van der Waals surface area contributed by atoms with Gasteiger partial charge in [-0.1, -0.05) is 48.0 Å². The lowest BCUT2D eigenvalue weighted by Gasteiger charge is -2.26. The van der Waals surface area contributed by atoms with E-state index >= 15 is 0 Å². The van der Waals surface area contributed by atoms with E-state index in [1.807, 2.05) is 18.2 Å². The van der Waals surface area contributed by atoms with Gasteiger partial charge in [-0.25, -0.2) is 9.38 Å². The Hall–Kier alpha value is -3.38. The molecule has 152 valence electrons. The van der Waals surface area contributed by atoms with Crippen molar-refractivity contribution in [3.05, 3.63) is 88.7 Å². The second kappa shape index (κ2) is 7.46. The number of methoxy groups -OCH3 is 1. The Bertz CT molecular complexity index is 1170. The molecule has 4 rings (SSSR count). The summed E-state index contributed by atoms with van der Waals surface area (Å²) in [5, 5.41) is 0.408. The van der Waals surface area contributed by atoms with Gasteiger partial charge in [-0.05, 0) is 47.0 Å². The summed E-state index contributed by atoms with van der Waals surface area (Å²) in [5.74, 6) is -0.173. The van der Waals surface area contributed by atoms with Crippen molar-refractivity contribution in [2.75, 3.05) is 14.2 Å². The Morgan fingerprint density at radius 1 is 1.07 bits per heavy atom. The number of ether oxygens (including phenoxy) is 1. The number of amides is 1. The van der Waals surface area contributed by atoms with Crippen LogP contribution in [0.4, 0.5) is 4.39 Å². The maximum atomic E-state index is 14.8. The van der Waals surface area contributed by atoms with E-state index in [1.54, 1.807) is 49.5 Å². The number of likely N-dealkylation sites (N-methyl/N-ethyl adjacent to an activating group) is 1. The molecule has 1 aliphatic rings. The van der Waals surface area contributed by atoms with Crippen LogP contribution in [0.2, 0.25) is 5.02 Å². The van der Waals surface area contributed by atoms with Crippen molar-refractivity contribution in [3.63, 3.8) is 0 Å². The number of nitrogens with two attached hydrogens (primary N) is 1. The number of guanidine groups is 1. The van der Waals surface area contributed by atoms with E-state index < -0.39 is 11.4 Å². The molecule has 0 fully saturated rings. The van der Waals surface area contributed by atoms with E-state index in [1.165, 1.54) is 18.1 Å². The zero-order chi connectivity index (χ0) is 21.5. The van der Waals surface area contributed by atoms with Gasteiger partial charge in [0.1, 0.15) is 11.6 Å². The fourth-order valence-electron chi connectivity index (χ4n) is 3.67. The molecular weight excluding hydrogens is 405 g/mol. The minimum atomic E-state index is -1.40. The number of rotatable bonds is 4. The van der Waals surface area contributed by atoms with Gasteiger partial charge in [-0.3, -0.25) is 9.69 Å². The molecular formula is C23H19ClFN3O2. The Morgan fingerprint density at radius 2 is 1.80 bits per heavy atom. The molecule has 3 aromatic carbocycles. The molecule has 0 aliphatic carbocycles. The molecule has 5 nitrogen and oxygen atoms in total. The molecule has 1 atom stereocenters. The van der Waals surface area contributed by atoms with Crippen LogP contribution < -0.4 is 10.5 Å². The number of halogens is 2. The lowest BCUT2D eigenvalue weighted by molar-refractivity contribution is -0.129. The molecule has 1 unspecified atom stereocenters. The number of hydrogen-bond donors (Lipinski definition) is 1. The Kier molecular flexibility index (Phi) is 4.95. The average Bonchev–Trinajstić information content (AvgIpc) is 2.99. The van der Waals surface area contributed by atoms with Crippen molar-refractivity contribution < 1.29 is 13.9 Å². The normalized spacial score (nSPS) is 18.5. The Labute approximate surface area is 178 Å². The molecule has 3 aromatic rings. The number of carbonyl (C=O) groups excluding carboxylic acids is 1. The molecule has 1 heterocycles. The van der Waals surface area contributed by atoms with E-state index in [-0.39, 0.29) is 17.4 Å². The smallest absolute Gasteiger partial charge is 0.266 e. The van der Waals surface area contributed by atoms with Crippen LogP contribution in [0.5, 0.6) is 5.75 Å². The van der Waals surface area contributed by atoms with Gasteiger partial charge in [0, 0.05) is 17.6 Å². The van der Waals surface area contributed by atoms with Gasteiger partial charge in [0.2, 0.25) is 0 Å². The van der Waals surface area contributed by atoms with Gasteiger partial charge in [-0.15, -0.1) is 0 Å². The molecule has 0 aromatic heterocycles. The molecule has 0 saturated heterocycles. The number of benzene rings is 3. The summed E-state index contributed by atoms with van der Waals surface area (Å²) in [4.78, 5) is 19.2. The summed E-state index contributed by atoms with van der Waals surface area (Å²) in [6.07, 6.45) is 0. The highest BCUT2D eigenvalue weighted by Gasteiger charge is 2.49. The van der Waals surface area contributed by atoms with Crippen molar-refractivity contribution in [1.82, 2.24) is 4.90 Å². The molecule has 2 N–H and O–H groups in total. The molecule has 0 bridgehead atoms. The van der Waals surface area contributed by atoms with E-state index in [0.717, 1.165) is 0 Å². The van der Waals surface area contributed by atoms with E-state index in [0.29, 0.717) is 27.5 Å². The average molecular weight is 424 g/mol. The van der Waals surface area contributed by atoms with E-state index in [2.05, 4.69) is 4.99 Å². The first-order valence-electron chi connectivity index (χ1n) is 9.21. The van der Waals surface area contributed by atoms with E-state index in [9.17, 15) is 9.18 Å². The van der Waals surface area contributed by atoms with Gasteiger partial charge < -0.3 is 10.5 Å². The van der Waals surface area contributed by atoms with Crippen molar-refractivity contribution >= 4 is 23.5 Å². The molecule has 0 radical (unpaired) electrons. The Morgan fingerprint density at radius 3 is 2.43 bits per heavy atom. The lowest BCUT2D eigenvalue weighted by atomic mass is 9.81. The van der Waals surface area contributed by atoms with E-state index in [4.69, 9.17) is 22.1 Å². The number of carbonyl (C=O) groups is 1. The van der Waals surface area contributed by atoms with Crippen molar-refractivity contribution in [3.8, 4) is 16.9 Å². The zero-order valence-corrected chi connectivity index (χ0v) is 17.2. The maximum Gasteiger partial charge on any atom is 0.266 e. The topological polar surface area (TPSA) is 67.9 Å². The zero-order valence-electron chi connectivity index (χ0n) is 16.4. The van der Waals surface area contributed by atoms with Crippen LogP contribution in [0.1, 0.15) is 11.1 Å². The van der Waals surface area contributed by atoms with Gasteiger partial charge in [0.25, 0.3) is 5.91 Å². The molecule has 30 heavy (non-hydrogen) atoms. The van der Waals surface area contributed by atoms with Crippen LogP contribution in [-0.2, 0) is 10.3 Å². The third kappa shape index (κ3) is 3.09. The van der Waals surface area contributed by atoms with Crippen LogP contribution in [0.15, 0.2) is 71.7 Å². The van der Waals surface area contributed by atoms with Crippen LogP contribution >= 0.6 is 11.6 Å². The predicted octanol–water partition coefficient (Wildman–Crippen LogP) is 4.19. The number of nitrogens with zero attached hydrogens (tertiary/aromatic N) is 2. The summed E-state index contributed by atoms with van der Waals surface area (Å²) in [6, 6.07) is 18.5. The highest BCUT2D eigenvalue weighted by Crippen LogP contribution is 2.41. The summed E-state index contributed by atoms with van der Waals surface area (Å²) >= 11 is 6.18. The number of aliphatic imine (C=N–C) groups is 1. The first kappa shape index (κ1) is 19.9. The quantitative estimate of drug-likeness (QED) is 0.684. The summed E-state index contributed by atoms with van der Waals surface area (Å²) < 4.78 is 20.1. The second-order valence-corrected chi connectivity index (χ2v) is 7.42. The predicted molar refractivity (Wildman–Crippen MR) is 115 cm³/mol. The highest BCUT2D eigenvalue weighted by molar-refractivity contribution is 6.31. The van der Waals surface area contributed by atoms with Gasteiger partial charge in [-0.2, -0.15) is 0 Å². The van der Waals surface area contributed by atoms with Crippen LogP contribution in [-0.4, -0.2) is 30.9 Å². The molecule has 0 saturated carbocycles. The molecule has 7 heteroatoms. The fraction of sp³-hybridized carbons (Fsp3) is 0.130.